The van der Waals surface area contributed by atoms with Gasteiger partial charge in [0.15, 0.2) is 0 Å². The van der Waals surface area contributed by atoms with Crippen LogP contribution in [0.2, 0.25) is 15.1 Å². The van der Waals surface area contributed by atoms with E-state index in [9.17, 15) is 0 Å². The molecule has 10 heteroatoms. The van der Waals surface area contributed by atoms with Crippen molar-refractivity contribution in [3.63, 3.8) is 0 Å². The number of nitrogen functional groups attached to an aromatic ring is 1. The Morgan fingerprint density at radius 3 is 0.844 bits per heavy atom. The van der Waals surface area contributed by atoms with Gasteiger partial charge in [0.25, 0.3) is 0 Å². The molecule has 4 N–H and O–H groups in total. The maximum absolute atomic E-state index is 6.48. The zero-order valence-corrected chi connectivity index (χ0v) is 70.7. The Labute approximate surface area is 748 Å². The van der Waals surface area contributed by atoms with Gasteiger partial charge < -0.3 is 26.2 Å². The van der Waals surface area contributed by atoms with Gasteiger partial charge in [0.2, 0.25) is 0 Å². The molecular formula is C112H88Br2Cl3N5. The quantitative estimate of drug-likeness (QED) is 0.119. The van der Waals surface area contributed by atoms with Gasteiger partial charge in [-0.05, 0) is 236 Å². The molecule has 4 aliphatic carbocycles. The Kier molecular flexibility index (Phi) is 26.4. The first-order valence-corrected chi connectivity index (χ1v) is 42.5. The van der Waals surface area contributed by atoms with Crippen molar-refractivity contribution in [2.24, 2.45) is 0 Å². The number of fused-ring (bicyclic) bond motifs is 20. The largest absolute Gasteiger partial charge is 0.398 e. The van der Waals surface area contributed by atoms with E-state index in [1.807, 2.05) is 170 Å². The van der Waals surface area contributed by atoms with Crippen LogP contribution in [0, 0.1) is 0 Å². The topological polar surface area (TPSA) is 56.6 Å². The highest BCUT2D eigenvalue weighted by Crippen LogP contribution is 2.66. The molecule has 18 aromatic rings. The molecule has 18 aromatic carbocycles. The first-order valence-electron chi connectivity index (χ1n) is 39.8. The number of anilines is 11. The zero-order chi connectivity index (χ0) is 81.8. The molecule has 596 valence electrons. The van der Waals surface area contributed by atoms with E-state index >= 15 is 0 Å². The summed E-state index contributed by atoms with van der Waals surface area (Å²) in [4.78, 5) is 4.49. The second-order valence-electron chi connectivity index (χ2n) is 29.2. The average molecular weight is 1770 g/mol. The standard InChI is InChI=1S/C43H30N2.C25H17N.C18H14ClN.C12H11N.2C6H4BrCl.2CH4/c1-3-16-31(17-4-1)45(32-18-5-2-6-19-32)33-20-13-15-30(29-33)44-41-28-14-27-40-42(41)36-23-9-12-26-39(36)43(40)37-24-10-7-21-34(37)35-22-8-11-25-38(35)43;26-23-15-7-14-22-24(23)18-10-3-6-13-21(18)25(22)19-11-4-1-8-16(19)17-9-2-5-12-20(17)25;19-15-8-7-13-18(14-15)20(16-9-3-1-4-10-16)17-11-5-2-6-12-17;1-3-7-11(8-4-1)13-12-9-5-2-6-10-12;2*7-5-2-1-3-6(8)4-5;;/h1-29,44H;1-15H,26H2;1-14H;1-10,13H;2*1-4H;2*1H4. The van der Waals surface area contributed by atoms with Gasteiger partial charge in [0.1, 0.15) is 0 Å². The number of hydrogen-bond acceptors (Lipinski definition) is 5. The third kappa shape index (κ3) is 17.0. The Morgan fingerprint density at radius 1 is 0.221 bits per heavy atom. The summed E-state index contributed by atoms with van der Waals surface area (Å²) in [6.07, 6.45) is 0. The Morgan fingerprint density at radius 2 is 0.484 bits per heavy atom. The van der Waals surface area contributed by atoms with Crippen LogP contribution in [0.15, 0.2) is 470 Å². The first kappa shape index (κ1) is 83.8. The molecule has 0 fully saturated rings. The van der Waals surface area contributed by atoms with Crippen LogP contribution < -0.4 is 26.2 Å². The van der Waals surface area contributed by atoms with E-state index in [2.05, 4.69) is 343 Å². The molecular weight excluding hydrogens is 1680 g/mol. The lowest BCUT2D eigenvalue weighted by Crippen LogP contribution is -2.25. The van der Waals surface area contributed by atoms with Crippen molar-refractivity contribution < 1.29 is 0 Å². The van der Waals surface area contributed by atoms with Gasteiger partial charge in [-0.25, -0.2) is 0 Å². The third-order valence-corrected chi connectivity index (χ3v) is 23.7. The van der Waals surface area contributed by atoms with E-state index in [0.717, 1.165) is 86.6 Å². The van der Waals surface area contributed by atoms with Crippen molar-refractivity contribution in [3.8, 4) is 44.5 Å². The highest BCUT2D eigenvalue weighted by atomic mass is 79.9. The summed E-state index contributed by atoms with van der Waals surface area (Å²) >= 11 is 23.9. The van der Waals surface area contributed by atoms with Gasteiger partial charge in [0.05, 0.1) is 10.8 Å². The van der Waals surface area contributed by atoms with E-state index in [1.165, 1.54) is 89.0 Å². The second-order valence-corrected chi connectivity index (χ2v) is 32.3. The minimum Gasteiger partial charge on any atom is -0.398 e. The molecule has 2 spiro atoms. The summed E-state index contributed by atoms with van der Waals surface area (Å²) < 4.78 is 2.04. The van der Waals surface area contributed by atoms with Gasteiger partial charge in [-0.2, -0.15) is 0 Å². The van der Waals surface area contributed by atoms with Crippen molar-refractivity contribution in [1.82, 2.24) is 0 Å². The number of nitrogens with two attached hydrogens (primary N) is 1. The smallest absolute Gasteiger partial charge is 0.0726 e. The Hall–Kier alpha value is -13.2. The molecule has 0 aromatic heterocycles. The van der Waals surface area contributed by atoms with Gasteiger partial charge in [-0.1, -0.05) is 385 Å². The summed E-state index contributed by atoms with van der Waals surface area (Å²) in [5.41, 5.74) is 38.8. The van der Waals surface area contributed by atoms with Gasteiger partial charge >= 0.3 is 0 Å². The van der Waals surface area contributed by atoms with Crippen molar-refractivity contribution in [2.75, 3.05) is 26.2 Å². The Bertz CT molecular complexity index is 6310. The summed E-state index contributed by atoms with van der Waals surface area (Å²) in [5, 5.41) is 9.44. The summed E-state index contributed by atoms with van der Waals surface area (Å²) in [6.45, 7) is 0. The van der Waals surface area contributed by atoms with Crippen molar-refractivity contribution in [1.29, 1.82) is 0 Å². The van der Waals surface area contributed by atoms with E-state index < -0.39 is 0 Å². The molecule has 5 nitrogen and oxygen atoms in total. The maximum atomic E-state index is 6.48. The predicted octanol–water partition coefficient (Wildman–Crippen LogP) is 33.6. The monoisotopic (exact) mass is 1770 g/mol. The normalized spacial score (nSPS) is 11.8. The van der Waals surface area contributed by atoms with Gasteiger partial charge in [-0.15, -0.1) is 0 Å². The number of halogens is 5. The lowest BCUT2D eigenvalue weighted by atomic mass is 9.70. The lowest BCUT2D eigenvalue weighted by Gasteiger charge is -2.30. The molecule has 4 aliphatic rings. The van der Waals surface area contributed by atoms with Crippen LogP contribution in [-0.2, 0) is 10.8 Å². The summed E-state index contributed by atoms with van der Waals surface area (Å²) in [7, 11) is 0. The number of para-hydroxylation sites is 6. The van der Waals surface area contributed by atoms with Crippen molar-refractivity contribution >= 4 is 129 Å². The first-order chi connectivity index (χ1) is 59.0. The molecule has 0 aliphatic heterocycles. The predicted molar refractivity (Wildman–Crippen MR) is 528 cm³/mol. The van der Waals surface area contributed by atoms with Crippen LogP contribution in [-0.4, -0.2) is 0 Å². The summed E-state index contributed by atoms with van der Waals surface area (Å²) in [6, 6.07) is 160. The summed E-state index contributed by atoms with van der Waals surface area (Å²) in [5.74, 6) is 0. The SMILES string of the molecule is C.C.Clc1cccc(Br)c1.Clc1cccc(Br)c1.Clc1cccc(N(c2ccccc2)c2ccccc2)c1.Nc1cccc2c1-c1ccccc1C21c2ccccc2-c2ccccc21.c1ccc(N(c2ccccc2)c2cccc(Nc3cccc4c3-c3ccccc3C43c4ccccc4-c4ccccc43)c2)cc1.c1ccc(Nc2ccccc2)cc1. The van der Waals surface area contributed by atoms with E-state index in [-0.39, 0.29) is 25.7 Å². The molecule has 122 heavy (non-hydrogen) atoms. The molecule has 0 atom stereocenters. The number of nitrogens with one attached hydrogen (secondary N) is 2. The van der Waals surface area contributed by atoms with Crippen LogP contribution in [0.25, 0.3) is 44.5 Å². The molecule has 0 saturated carbocycles. The van der Waals surface area contributed by atoms with Crippen LogP contribution >= 0.6 is 66.7 Å². The van der Waals surface area contributed by atoms with Crippen LogP contribution in [0.3, 0.4) is 0 Å². The average Bonchev–Trinajstić information content (AvgIpc) is 1.51. The molecule has 0 unspecified atom stereocenters. The Balaban J connectivity index is 0.000000127. The van der Waals surface area contributed by atoms with Crippen LogP contribution in [0.5, 0.6) is 0 Å². The zero-order valence-electron chi connectivity index (χ0n) is 65.2. The third-order valence-electron chi connectivity index (χ3n) is 22.0. The van der Waals surface area contributed by atoms with Crippen molar-refractivity contribution in [3.05, 3.63) is 530 Å². The fourth-order valence-corrected chi connectivity index (χ4v) is 18.9. The molecule has 0 bridgehead atoms. The van der Waals surface area contributed by atoms with Crippen LogP contribution in [0.1, 0.15) is 59.4 Å². The highest BCUT2D eigenvalue weighted by molar-refractivity contribution is 9.10. The lowest BCUT2D eigenvalue weighted by molar-refractivity contribution is 0.794. The van der Waals surface area contributed by atoms with E-state index in [1.54, 1.807) is 0 Å². The number of rotatable bonds is 10. The van der Waals surface area contributed by atoms with Gasteiger partial charge in [-0.3, -0.25) is 0 Å². The molecule has 0 saturated heterocycles. The molecule has 0 amide bonds. The van der Waals surface area contributed by atoms with Crippen LogP contribution in [0.4, 0.5) is 62.6 Å². The number of nitrogens with zero attached hydrogens (tertiary/aromatic N) is 2. The second kappa shape index (κ2) is 38.5. The molecule has 0 radical (unpaired) electrons. The minimum absolute atomic E-state index is 0. The van der Waals surface area contributed by atoms with Crippen molar-refractivity contribution in [2.45, 2.75) is 25.7 Å². The maximum Gasteiger partial charge on any atom is 0.0726 e. The minimum atomic E-state index is -0.351. The molecule has 22 rings (SSSR count). The number of benzene rings is 18. The number of hydrogen-bond donors (Lipinski definition) is 3. The fourth-order valence-electron chi connectivity index (χ4n) is 17.2. The fraction of sp³-hybridized carbons (Fsp3) is 0.0357. The van der Waals surface area contributed by atoms with E-state index in [4.69, 9.17) is 40.5 Å². The molecule has 0 heterocycles. The highest BCUT2D eigenvalue weighted by Gasteiger charge is 2.53. The van der Waals surface area contributed by atoms with Gasteiger partial charge in [0, 0.05) is 97.7 Å². The van der Waals surface area contributed by atoms with E-state index in [0.29, 0.717) is 0 Å².